The molecule has 5 heteroatoms. The van der Waals surface area contributed by atoms with Crippen LogP contribution in [-0.2, 0) is 9.09 Å². The lowest BCUT2D eigenvalue weighted by atomic mass is 10.2. The predicted molar refractivity (Wildman–Crippen MR) is 73.8 cm³/mol. The molecule has 1 atom stereocenters. The van der Waals surface area contributed by atoms with Crippen LogP contribution >= 0.6 is 18.2 Å². The van der Waals surface area contributed by atoms with Gasteiger partial charge in [0.15, 0.2) is 0 Å². The quantitative estimate of drug-likeness (QED) is 0.677. The zero-order valence-corrected chi connectivity index (χ0v) is 12.2. The lowest BCUT2D eigenvalue weighted by Crippen LogP contribution is -1.96. The summed E-state index contributed by atoms with van der Waals surface area (Å²) in [7, 11) is 0. The zero-order chi connectivity index (χ0) is 12.7. The second-order valence-corrected chi connectivity index (χ2v) is 7.72. The van der Waals surface area contributed by atoms with Crippen molar-refractivity contribution >= 4 is 18.2 Å². The van der Waals surface area contributed by atoms with Crippen LogP contribution in [0.5, 0.6) is 5.75 Å². The summed E-state index contributed by atoms with van der Waals surface area (Å²) in [5.74, 6) is 1.36. The fraction of sp³-hybridized carbons (Fsp3) is 0.500. The molecule has 0 aliphatic heterocycles. The van der Waals surface area contributed by atoms with Gasteiger partial charge in [-0.15, -0.1) is 0 Å². The molecule has 1 aromatic carbocycles. The SMILES string of the molecule is CCCSP(=O)(OCC)Oc1ccc(C)cc1. The number of hydrogen-bond acceptors (Lipinski definition) is 4. The first-order chi connectivity index (χ1) is 8.09. The average Bonchev–Trinajstić information content (AvgIpc) is 2.30. The third-order valence-corrected chi connectivity index (χ3v) is 5.93. The Labute approximate surface area is 107 Å². The van der Waals surface area contributed by atoms with Gasteiger partial charge < -0.3 is 4.52 Å². The summed E-state index contributed by atoms with van der Waals surface area (Å²) >= 11 is 1.26. The topological polar surface area (TPSA) is 35.5 Å². The van der Waals surface area contributed by atoms with Crippen molar-refractivity contribution < 1.29 is 13.6 Å². The van der Waals surface area contributed by atoms with Gasteiger partial charge in [0.2, 0.25) is 0 Å². The summed E-state index contributed by atoms with van der Waals surface area (Å²) < 4.78 is 23.1. The third-order valence-electron chi connectivity index (χ3n) is 1.98. The molecule has 0 aliphatic carbocycles. The van der Waals surface area contributed by atoms with Gasteiger partial charge in [-0.2, -0.15) is 0 Å². The average molecular weight is 274 g/mol. The van der Waals surface area contributed by atoms with E-state index in [4.69, 9.17) is 9.05 Å². The molecule has 0 spiro atoms. The van der Waals surface area contributed by atoms with Gasteiger partial charge in [-0.25, -0.2) is 4.57 Å². The summed E-state index contributed by atoms with van der Waals surface area (Å²) in [6.07, 6.45) is 0.943. The normalized spacial score (nSPS) is 14.3. The number of aryl methyl sites for hydroxylation is 1. The third kappa shape index (κ3) is 5.15. The monoisotopic (exact) mass is 274 g/mol. The standard InChI is InChI=1S/C12H19O3PS/c1-4-10-17-16(13,14-5-2)15-12-8-6-11(3)7-9-12/h6-9H,4-5,10H2,1-3H3. The van der Waals surface area contributed by atoms with Crippen LogP contribution in [0.3, 0.4) is 0 Å². The highest BCUT2D eigenvalue weighted by Crippen LogP contribution is 2.60. The van der Waals surface area contributed by atoms with Crippen LogP contribution in [0.4, 0.5) is 0 Å². The Morgan fingerprint density at radius 2 is 1.88 bits per heavy atom. The number of rotatable bonds is 7. The van der Waals surface area contributed by atoms with E-state index in [9.17, 15) is 4.57 Å². The van der Waals surface area contributed by atoms with E-state index >= 15 is 0 Å². The molecule has 96 valence electrons. The van der Waals surface area contributed by atoms with Gasteiger partial charge in [0.05, 0.1) is 6.61 Å². The first kappa shape index (κ1) is 14.6. The maximum atomic E-state index is 12.3. The van der Waals surface area contributed by atoms with Crippen molar-refractivity contribution in [1.82, 2.24) is 0 Å². The van der Waals surface area contributed by atoms with Gasteiger partial charge in [0, 0.05) is 5.75 Å². The molecule has 0 bridgehead atoms. The number of hydrogen-bond donors (Lipinski definition) is 0. The fourth-order valence-corrected chi connectivity index (χ4v) is 4.64. The summed E-state index contributed by atoms with van der Waals surface area (Å²) in [6, 6.07) is 7.48. The highest BCUT2D eigenvalue weighted by atomic mass is 32.7. The fourth-order valence-electron chi connectivity index (χ4n) is 1.18. The molecule has 0 heterocycles. The van der Waals surface area contributed by atoms with E-state index in [2.05, 4.69) is 0 Å². The molecule has 1 aromatic rings. The van der Waals surface area contributed by atoms with E-state index in [1.165, 1.54) is 11.4 Å². The van der Waals surface area contributed by atoms with Crippen LogP contribution in [0.1, 0.15) is 25.8 Å². The van der Waals surface area contributed by atoms with Gasteiger partial charge in [-0.3, -0.25) is 4.52 Å². The van der Waals surface area contributed by atoms with Gasteiger partial charge in [-0.05, 0) is 43.8 Å². The second-order valence-electron chi connectivity index (χ2n) is 3.60. The van der Waals surface area contributed by atoms with Crippen LogP contribution in [0.25, 0.3) is 0 Å². The van der Waals surface area contributed by atoms with E-state index in [-0.39, 0.29) is 0 Å². The van der Waals surface area contributed by atoms with Crippen LogP contribution in [0.15, 0.2) is 24.3 Å². The molecular weight excluding hydrogens is 255 g/mol. The molecular formula is C12H19O3PS. The zero-order valence-electron chi connectivity index (χ0n) is 10.5. The van der Waals surface area contributed by atoms with Crippen molar-refractivity contribution in [3.05, 3.63) is 29.8 Å². The minimum atomic E-state index is -3.06. The van der Waals surface area contributed by atoms with Gasteiger partial charge in [-0.1, -0.05) is 24.6 Å². The lowest BCUT2D eigenvalue weighted by Gasteiger charge is -2.17. The van der Waals surface area contributed by atoms with Crippen molar-refractivity contribution in [1.29, 1.82) is 0 Å². The first-order valence-corrected chi connectivity index (χ1v) is 8.88. The molecule has 0 aliphatic rings. The van der Waals surface area contributed by atoms with Crippen molar-refractivity contribution in [2.75, 3.05) is 12.4 Å². The maximum absolute atomic E-state index is 12.3. The highest BCUT2D eigenvalue weighted by Gasteiger charge is 2.26. The largest absolute Gasteiger partial charge is 0.440 e. The van der Waals surface area contributed by atoms with Crippen LogP contribution in [-0.4, -0.2) is 12.4 Å². The van der Waals surface area contributed by atoms with E-state index in [1.807, 2.05) is 45.0 Å². The Balaban J connectivity index is 2.71. The molecule has 0 radical (unpaired) electrons. The molecule has 0 N–H and O–H groups in total. The van der Waals surface area contributed by atoms with Crippen molar-refractivity contribution in [2.45, 2.75) is 27.2 Å². The number of benzene rings is 1. The lowest BCUT2D eigenvalue weighted by molar-refractivity contribution is 0.296. The Hall–Kier alpha value is -0.440. The Bertz CT molecular complexity index is 378. The molecule has 0 saturated heterocycles. The summed E-state index contributed by atoms with van der Waals surface area (Å²) in [5.41, 5.74) is 1.14. The van der Waals surface area contributed by atoms with Gasteiger partial charge in [0.25, 0.3) is 0 Å². The highest BCUT2D eigenvalue weighted by molar-refractivity contribution is 8.55. The van der Waals surface area contributed by atoms with Crippen LogP contribution in [0.2, 0.25) is 0 Å². The minimum absolute atomic E-state index is 0.389. The van der Waals surface area contributed by atoms with Gasteiger partial charge >= 0.3 is 6.80 Å². The van der Waals surface area contributed by atoms with Crippen LogP contribution in [0, 0.1) is 6.92 Å². The molecule has 0 saturated carbocycles. The van der Waals surface area contributed by atoms with E-state index in [0.717, 1.165) is 17.7 Å². The second kappa shape index (κ2) is 7.10. The van der Waals surface area contributed by atoms with Crippen molar-refractivity contribution in [2.24, 2.45) is 0 Å². The minimum Gasteiger partial charge on any atom is -0.417 e. The van der Waals surface area contributed by atoms with E-state index in [0.29, 0.717) is 12.4 Å². The maximum Gasteiger partial charge on any atom is 0.440 e. The summed E-state index contributed by atoms with van der Waals surface area (Å²) in [5, 5.41) is 0. The molecule has 3 nitrogen and oxygen atoms in total. The van der Waals surface area contributed by atoms with Crippen LogP contribution < -0.4 is 4.52 Å². The molecule has 0 amide bonds. The van der Waals surface area contributed by atoms with Crippen molar-refractivity contribution in [3.8, 4) is 5.75 Å². The molecule has 1 unspecified atom stereocenters. The molecule has 1 rings (SSSR count). The summed E-state index contributed by atoms with van der Waals surface area (Å²) in [6.45, 7) is 3.18. The van der Waals surface area contributed by atoms with E-state index in [1.54, 1.807) is 0 Å². The smallest absolute Gasteiger partial charge is 0.417 e. The van der Waals surface area contributed by atoms with Crippen molar-refractivity contribution in [3.63, 3.8) is 0 Å². The molecule has 0 aromatic heterocycles. The first-order valence-electron chi connectivity index (χ1n) is 5.75. The molecule has 0 fully saturated rings. The van der Waals surface area contributed by atoms with E-state index < -0.39 is 6.80 Å². The Morgan fingerprint density at radius 3 is 2.41 bits per heavy atom. The summed E-state index contributed by atoms with van der Waals surface area (Å²) in [4.78, 5) is 0. The predicted octanol–water partition coefficient (Wildman–Crippen LogP) is 4.66. The van der Waals surface area contributed by atoms with Gasteiger partial charge in [0.1, 0.15) is 5.75 Å². The Kier molecular flexibility index (Phi) is 6.10. The molecule has 17 heavy (non-hydrogen) atoms. The Morgan fingerprint density at radius 1 is 1.24 bits per heavy atom.